The molecule has 0 rings (SSSR count). The van der Waals surface area contributed by atoms with Crippen LogP contribution in [0.3, 0.4) is 0 Å². The van der Waals surface area contributed by atoms with Crippen molar-refractivity contribution in [2.24, 2.45) is 0 Å². The van der Waals surface area contributed by atoms with Gasteiger partial charge in [-0.2, -0.15) is 0 Å². The summed E-state index contributed by atoms with van der Waals surface area (Å²) in [5, 5.41) is 10.2. The molecule has 0 bridgehead atoms. The van der Waals surface area contributed by atoms with Crippen LogP contribution in [0.1, 0.15) is 6.92 Å². The molecule has 0 spiro atoms. The highest BCUT2D eigenvalue weighted by atomic mass is 16.4. The number of terminal acetylenes is 1. The fraction of sp³-hybridized carbons (Fsp3) is 0.286. The average Bonchev–Trinajstić information content (AvgIpc) is 1.86. The van der Waals surface area contributed by atoms with E-state index < -0.39 is 12.1 Å². The molecule has 1 unspecified atom stereocenters. The predicted molar refractivity (Wildman–Crippen MR) is 37.2 cm³/mol. The molecule has 0 aromatic heterocycles. The maximum Gasteiger partial charge on any atom is 0.406 e. The topological polar surface area (TPSA) is 49.3 Å². The van der Waals surface area contributed by atoms with Crippen LogP contribution in [0, 0.1) is 24.2 Å². The summed E-state index contributed by atoms with van der Waals surface area (Å²) in [6, 6.07) is -0.692. The molecule has 0 heterocycles. The summed E-state index contributed by atoms with van der Waals surface area (Å²) >= 11 is 0. The van der Waals surface area contributed by atoms with Crippen LogP contribution in [0.15, 0.2) is 0 Å². The first-order valence-corrected chi connectivity index (χ1v) is 2.58. The highest BCUT2D eigenvalue weighted by Crippen LogP contribution is 1.76. The van der Waals surface area contributed by atoms with Gasteiger partial charge < -0.3 is 5.11 Å². The molecule has 0 fully saturated rings. The molecular weight excluding hydrogens is 130 g/mol. The van der Waals surface area contributed by atoms with Crippen molar-refractivity contribution in [1.29, 1.82) is 0 Å². The van der Waals surface area contributed by atoms with Gasteiger partial charge in [-0.05, 0) is 6.92 Å². The van der Waals surface area contributed by atoms with E-state index in [-0.39, 0.29) is 0 Å². The Kier molecular flexibility index (Phi) is 3.60. The highest BCUT2D eigenvalue weighted by molar-refractivity contribution is 5.66. The summed E-state index contributed by atoms with van der Waals surface area (Å²) in [5.41, 5.74) is 0. The standard InChI is InChI=1S/C7H7NO2/c1-3-5-6(4-2)8-7(9)10/h2,6,8H,1H3,(H,9,10). The van der Waals surface area contributed by atoms with Crippen LogP contribution >= 0.6 is 0 Å². The molecule has 0 radical (unpaired) electrons. The van der Waals surface area contributed by atoms with Crippen molar-refractivity contribution in [3.8, 4) is 24.2 Å². The van der Waals surface area contributed by atoms with Crippen LogP contribution in [0.25, 0.3) is 0 Å². The molecule has 0 saturated heterocycles. The predicted octanol–water partition coefficient (Wildman–Crippen LogP) is 0.279. The lowest BCUT2D eigenvalue weighted by molar-refractivity contribution is 0.194. The van der Waals surface area contributed by atoms with Crippen molar-refractivity contribution in [3.05, 3.63) is 0 Å². The van der Waals surface area contributed by atoms with E-state index >= 15 is 0 Å². The van der Waals surface area contributed by atoms with E-state index in [4.69, 9.17) is 11.5 Å². The van der Waals surface area contributed by atoms with Crippen molar-refractivity contribution in [2.75, 3.05) is 0 Å². The average molecular weight is 137 g/mol. The maximum absolute atomic E-state index is 9.97. The molecule has 3 nitrogen and oxygen atoms in total. The molecule has 0 aliphatic carbocycles. The summed E-state index contributed by atoms with van der Waals surface area (Å²) in [6.45, 7) is 1.59. The van der Waals surface area contributed by atoms with Crippen molar-refractivity contribution in [2.45, 2.75) is 13.0 Å². The summed E-state index contributed by atoms with van der Waals surface area (Å²) in [4.78, 5) is 9.97. The van der Waals surface area contributed by atoms with Crippen molar-refractivity contribution < 1.29 is 9.90 Å². The lowest BCUT2D eigenvalue weighted by atomic mass is 10.3. The van der Waals surface area contributed by atoms with Crippen LogP contribution < -0.4 is 5.32 Å². The van der Waals surface area contributed by atoms with E-state index in [2.05, 4.69) is 17.8 Å². The Labute approximate surface area is 59.4 Å². The van der Waals surface area contributed by atoms with E-state index in [1.807, 2.05) is 5.32 Å². The fourth-order valence-electron chi connectivity index (χ4n) is 0.387. The molecule has 0 aliphatic rings. The Morgan fingerprint density at radius 2 is 2.40 bits per heavy atom. The minimum atomic E-state index is -1.16. The second-order valence-electron chi connectivity index (χ2n) is 1.44. The largest absolute Gasteiger partial charge is 0.465 e. The monoisotopic (exact) mass is 137 g/mol. The second kappa shape index (κ2) is 4.29. The van der Waals surface area contributed by atoms with Gasteiger partial charge in [-0.15, -0.1) is 12.3 Å². The quantitative estimate of drug-likeness (QED) is 0.510. The Morgan fingerprint density at radius 3 is 2.70 bits per heavy atom. The van der Waals surface area contributed by atoms with Gasteiger partial charge in [-0.3, -0.25) is 5.32 Å². The first-order chi connectivity index (χ1) is 4.70. The highest BCUT2D eigenvalue weighted by Gasteiger charge is 2.01. The summed E-state index contributed by atoms with van der Waals surface area (Å²) in [6.07, 6.45) is 3.77. The molecule has 10 heavy (non-hydrogen) atoms. The van der Waals surface area contributed by atoms with Gasteiger partial charge >= 0.3 is 6.09 Å². The Bertz CT molecular complexity index is 216. The number of carboxylic acid groups (broad SMARTS) is 1. The van der Waals surface area contributed by atoms with Gasteiger partial charge in [0.05, 0.1) is 0 Å². The van der Waals surface area contributed by atoms with Gasteiger partial charge in [0.2, 0.25) is 0 Å². The molecule has 0 aliphatic heterocycles. The van der Waals surface area contributed by atoms with E-state index in [0.717, 1.165) is 0 Å². The Hall–Kier alpha value is -1.61. The van der Waals surface area contributed by atoms with Crippen molar-refractivity contribution in [1.82, 2.24) is 5.32 Å². The summed E-state index contributed by atoms with van der Waals surface area (Å²) in [7, 11) is 0. The normalized spacial score (nSPS) is 10.0. The van der Waals surface area contributed by atoms with Gasteiger partial charge in [0, 0.05) is 0 Å². The van der Waals surface area contributed by atoms with Crippen LogP contribution in [-0.2, 0) is 0 Å². The van der Waals surface area contributed by atoms with Gasteiger partial charge in [0.25, 0.3) is 0 Å². The van der Waals surface area contributed by atoms with Crippen LogP contribution in [0.4, 0.5) is 4.79 Å². The van der Waals surface area contributed by atoms with Crippen molar-refractivity contribution in [3.63, 3.8) is 0 Å². The number of hydrogen-bond acceptors (Lipinski definition) is 1. The van der Waals surface area contributed by atoms with Gasteiger partial charge in [0.1, 0.15) is 0 Å². The van der Waals surface area contributed by atoms with Crippen LogP contribution in [-0.4, -0.2) is 17.2 Å². The SMILES string of the molecule is C#CC(C#CC)NC(=O)O. The minimum absolute atomic E-state index is 0.692. The molecule has 52 valence electrons. The molecule has 2 N–H and O–H groups in total. The fourth-order valence-corrected chi connectivity index (χ4v) is 0.387. The third kappa shape index (κ3) is 3.40. The number of rotatable bonds is 1. The molecule has 3 heteroatoms. The zero-order valence-corrected chi connectivity index (χ0v) is 5.51. The first-order valence-electron chi connectivity index (χ1n) is 2.58. The van der Waals surface area contributed by atoms with Crippen molar-refractivity contribution >= 4 is 6.09 Å². The summed E-state index contributed by atoms with van der Waals surface area (Å²) in [5.74, 6) is 7.16. The first kappa shape index (κ1) is 8.39. The number of carbonyl (C=O) groups is 1. The smallest absolute Gasteiger partial charge is 0.406 e. The minimum Gasteiger partial charge on any atom is -0.465 e. The molecule has 1 atom stereocenters. The molecule has 0 aromatic carbocycles. The molecular formula is C7H7NO2. The third-order valence-corrected chi connectivity index (χ3v) is 0.723. The molecule has 1 amide bonds. The lowest BCUT2D eigenvalue weighted by Crippen LogP contribution is -2.30. The van der Waals surface area contributed by atoms with E-state index in [1.165, 1.54) is 0 Å². The zero-order valence-electron chi connectivity index (χ0n) is 5.51. The number of hydrogen-bond donors (Lipinski definition) is 2. The van der Waals surface area contributed by atoms with E-state index in [1.54, 1.807) is 6.92 Å². The van der Waals surface area contributed by atoms with Gasteiger partial charge in [0.15, 0.2) is 6.04 Å². The van der Waals surface area contributed by atoms with Gasteiger partial charge in [-0.1, -0.05) is 11.8 Å². The zero-order chi connectivity index (χ0) is 7.98. The lowest BCUT2D eigenvalue weighted by Gasteiger charge is -1.99. The summed E-state index contributed by atoms with van der Waals surface area (Å²) < 4.78 is 0. The maximum atomic E-state index is 9.97. The van der Waals surface area contributed by atoms with E-state index in [9.17, 15) is 4.79 Å². The van der Waals surface area contributed by atoms with E-state index in [0.29, 0.717) is 0 Å². The Balaban J connectivity index is 3.95. The van der Waals surface area contributed by atoms with Crippen LogP contribution in [0.2, 0.25) is 0 Å². The number of nitrogens with one attached hydrogen (secondary N) is 1. The molecule has 0 saturated carbocycles. The third-order valence-electron chi connectivity index (χ3n) is 0.723. The van der Waals surface area contributed by atoms with Gasteiger partial charge in [-0.25, -0.2) is 4.79 Å². The van der Waals surface area contributed by atoms with Crippen LogP contribution in [0.5, 0.6) is 0 Å². The second-order valence-corrected chi connectivity index (χ2v) is 1.44. The number of amides is 1. The Morgan fingerprint density at radius 1 is 1.80 bits per heavy atom. The molecule has 0 aromatic rings.